The summed E-state index contributed by atoms with van der Waals surface area (Å²) in [5.74, 6) is -0.00192. The predicted molar refractivity (Wildman–Crippen MR) is 105 cm³/mol. The van der Waals surface area contributed by atoms with E-state index in [-0.39, 0.29) is 5.91 Å². The summed E-state index contributed by atoms with van der Waals surface area (Å²) in [5, 5.41) is 4.39. The van der Waals surface area contributed by atoms with Crippen molar-refractivity contribution >= 4 is 40.5 Å². The summed E-state index contributed by atoms with van der Waals surface area (Å²) in [6.45, 7) is 5.78. The minimum Gasteiger partial charge on any atom is -0.369 e. The van der Waals surface area contributed by atoms with E-state index < -0.39 is 0 Å². The lowest BCUT2D eigenvalue weighted by Gasteiger charge is -2.35. The smallest absolute Gasteiger partial charge is 0.238 e. The standard InChI is InChI=1S/C19H21Cl2N3O/c1-14-11-16(5-6-18(14)21)22-19(25)13-23-7-9-24(10-8-23)17-4-2-3-15(20)12-17/h2-6,11-12H,7-10,13H2,1H3,(H,22,25). The van der Waals surface area contributed by atoms with Crippen LogP contribution in [-0.2, 0) is 4.79 Å². The molecule has 1 amide bonds. The molecule has 1 heterocycles. The molecule has 2 aromatic rings. The summed E-state index contributed by atoms with van der Waals surface area (Å²) in [6, 6.07) is 13.4. The molecule has 0 saturated carbocycles. The number of rotatable bonds is 4. The Balaban J connectivity index is 1.50. The van der Waals surface area contributed by atoms with Gasteiger partial charge in [-0.05, 0) is 48.9 Å². The van der Waals surface area contributed by atoms with Gasteiger partial charge in [-0.2, -0.15) is 0 Å². The van der Waals surface area contributed by atoms with Gasteiger partial charge in [-0.3, -0.25) is 9.69 Å². The highest BCUT2D eigenvalue weighted by molar-refractivity contribution is 6.31. The highest BCUT2D eigenvalue weighted by atomic mass is 35.5. The Hall–Kier alpha value is -1.75. The van der Waals surface area contributed by atoms with Crippen molar-refractivity contribution in [2.75, 3.05) is 42.9 Å². The van der Waals surface area contributed by atoms with Crippen molar-refractivity contribution in [2.45, 2.75) is 6.92 Å². The monoisotopic (exact) mass is 377 g/mol. The largest absolute Gasteiger partial charge is 0.369 e. The molecule has 0 atom stereocenters. The third kappa shape index (κ3) is 4.88. The van der Waals surface area contributed by atoms with Crippen LogP contribution in [0.5, 0.6) is 0 Å². The molecule has 0 spiro atoms. The molecule has 3 rings (SSSR count). The van der Waals surface area contributed by atoms with Crippen molar-refractivity contribution in [3.63, 3.8) is 0 Å². The van der Waals surface area contributed by atoms with E-state index in [1.165, 1.54) is 0 Å². The number of piperazine rings is 1. The topological polar surface area (TPSA) is 35.6 Å². The van der Waals surface area contributed by atoms with E-state index in [4.69, 9.17) is 23.2 Å². The van der Waals surface area contributed by atoms with Gasteiger partial charge in [0, 0.05) is 47.6 Å². The van der Waals surface area contributed by atoms with E-state index in [1.807, 2.05) is 37.3 Å². The minimum absolute atomic E-state index is 0.00192. The zero-order valence-corrected chi connectivity index (χ0v) is 15.6. The molecule has 6 heteroatoms. The van der Waals surface area contributed by atoms with E-state index in [2.05, 4.69) is 21.2 Å². The Morgan fingerprint density at radius 2 is 1.84 bits per heavy atom. The first-order valence-electron chi connectivity index (χ1n) is 8.30. The molecule has 0 aliphatic carbocycles. The first kappa shape index (κ1) is 18.1. The molecule has 0 radical (unpaired) electrons. The van der Waals surface area contributed by atoms with Crippen LogP contribution in [0.3, 0.4) is 0 Å². The van der Waals surface area contributed by atoms with Gasteiger partial charge in [0.15, 0.2) is 0 Å². The number of aryl methyl sites for hydroxylation is 1. The van der Waals surface area contributed by atoms with Crippen LogP contribution in [0.25, 0.3) is 0 Å². The van der Waals surface area contributed by atoms with Gasteiger partial charge < -0.3 is 10.2 Å². The van der Waals surface area contributed by atoms with Crippen LogP contribution in [0.1, 0.15) is 5.56 Å². The van der Waals surface area contributed by atoms with Crippen molar-refractivity contribution in [2.24, 2.45) is 0 Å². The molecule has 25 heavy (non-hydrogen) atoms. The Kier molecular flexibility index (Phi) is 5.84. The molecule has 0 unspecified atom stereocenters. The lowest BCUT2D eigenvalue weighted by atomic mass is 10.2. The zero-order chi connectivity index (χ0) is 17.8. The number of nitrogens with zero attached hydrogens (tertiary/aromatic N) is 2. The number of benzene rings is 2. The molecule has 2 aromatic carbocycles. The average Bonchev–Trinajstić information content (AvgIpc) is 2.59. The average molecular weight is 378 g/mol. The Bertz CT molecular complexity index is 758. The highest BCUT2D eigenvalue weighted by Crippen LogP contribution is 2.21. The number of nitrogens with one attached hydrogen (secondary N) is 1. The third-order valence-corrected chi connectivity index (χ3v) is 5.01. The van der Waals surface area contributed by atoms with Crippen molar-refractivity contribution < 1.29 is 4.79 Å². The second-order valence-electron chi connectivity index (χ2n) is 6.26. The summed E-state index contributed by atoms with van der Waals surface area (Å²) in [5.41, 5.74) is 2.87. The van der Waals surface area contributed by atoms with Gasteiger partial charge in [0.2, 0.25) is 5.91 Å². The van der Waals surface area contributed by atoms with Crippen molar-refractivity contribution in [3.8, 4) is 0 Å². The quantitative estimate of drug-likeness (QED) is 0.872. The number of halogens is 2. The number of carbonyl (C=O) groups excluding carboxylic acids is 1. The molecular formula is C19H21Cl2N3O. The third-order valence-electron chi connectivity index (χ3n) is 4.35. The zero-order valence-electron chi connectivity index (χ0n) is 14.1. The fraction of sp³-hybridized carbons (Fsp3) is 0.316. The van der Waals surface area contributed by atoms with Crippen LogP contribution in [0.2, 0.25) is 10.0 Å². The van der Waals surface area contributed by atoms with Crippen molar-refractivity contribution in [1.29, 1.82) is 0 Å². The lowest BCUT2D eigenvalue weighted by molar-refractivity contribution is -0.117. The van der Waals surface area contributed by atoms with Gasteiger partial charge in [0.1, 0.15) is 0 Å². The normalized spacial score (nSPS) is 15.2. The lowest BCUT2D eigenvalue weighted by Crippen LogP contribution is -2.48. The second-order valence-corrected chi connectivity index (χ2v) is 7.10. The van der Waals surface area contributed by atoms with Crippen LogP contribution in [0, 0.1) is 6.92 Å². The Labute approximate surface area is 158 Å². The predicted octanol–water partition coefficient (Wildman–Crippen LogP) is 4.06. The van der Waals surface area contributed by atoms with Crippen LogP contribution >= 0.6 is 23.2 Å². The van der Waals surface area contributed by atoms with Crippen LogP contribution in [0.4, 0.5) is 11.4 Å². The first-order chi connectivity index (χ1) is 12.0. The fourth-order valence-electron chi connectivity index (χ4n) is 2.96. The van der Waals surface area contributed by atoms with Gasteiger partial charge in [0.25, 0.3) is 0 Å². The van der Waals surface area contributed by atoms with Crippen molar-refractivity contribution in [1.82, 2.24) is 4.90 Å². The van der Waals surface area contributed by atoms with E-state index in [9.17, 15) is 4.79 Å². The number of anilines is 2. The summed E-state index contributed by atoms with van der Waals surface area (Å²) in [4.78, 5) is 16.7. The molecule has 132 valence electrons. The van der Waals surface area contributed by atoms with Crippen LogP contribution in [0.15, 0.2) is 42.5 Å². The maximum absolute atomic E-state index is 12.3. The number of hydrogen-bond acceptors (Lipinski definition) is 3. The van der Waals surface area contributed by atoms with Crippen molar-refractivity contribution in [3.05, 3.63) is 58.1 Å². The summed E-state index contributed by atoms with van der Waals surface area (Å²) < 4.78 is 0. The summed E-state index contributed by atoms with van der Waals surface area (Å²) in [7, 11) is 0. The van der Waals surface area contributed by atoms with Gasteiger partial charge in [0.05, 0.1) is 6.54 Å². The van der Waals surface area contributed by atoms with Gasteiger partial charge in [-0.15, -0.1) is 0 Å². The number of hydrogen-bond donors (Lipinski definition) is 1. The van der Waals surface area contributed by atoms with E-state index in [0.29, 0.717) is 11.6 Å². The van der Waals surface area contributed by atoms with E-state index in [1.54, 1.807) is 6.07 Å². The van der Waals surface area contributed by atoms with E-state index in [0.717, 1.165) is 48.1 Å². The minimum atomic E-state index is -0.00192. The molecule has 1 aliphatic heterocycles. The van der Waals surface area contributed by atoms with Gasteiger partial charge >= 0.3 is 0 Å². The summed E-state index contributed by atoms with van der Waals surface area (Å²) in [6.07, 6.45) is 0. The molecule has 1 saturated heterocycles. The SMILES string of the molecule is Cc1cc(NC(=O)CN2CCN(c3cccc(Cl)c3)CC2)ccc1Cl. The second kappa shape index (κ2) is 8.09. The van der Waals surface area contributed by atoms with Crippen LogP contribution in [-0.4, -0.2) is 43.5 Å². The molecule has 1 N–H and O–H groups in total. The Morgan fingerprint density at radius 3 is 2.52 bits per heavy atom. The number of carbonyl (C=O) groups is 1. The van der Waals surface area contributed by atoms with E-state index >= 15 is 0 Å². The molecule has 4 nitrogen and oxygen atoms in total. The molecule has 1 fully saturated rings. The Morgan fingerprint density at radius 1 is 1.08 bits per heavy atom. The van der Waals surface area contributed by atoms with Crippen LogP contribution < -0.4 is 10.2 Å². The molecule has 0 bridgehead atoms. The molecular weight excluding hydrogens is 357 g/mol. The maximum atomic E-state index is 12.3. The number of amides is 1. The fourth-order valence-corrected chi connectivity index (χ4v) is 3.27. The first-order valence-corrected chi connectivity index (χ1v) is 9.06. The molecule has 1 aliphatic rings. The summed E-state index contributed by atoms with van der Waals surface area (Å²) >= 11 is 12.1. The highest BCUT2D eigenvalue weighted by Gasteiger charge is 2.19. The van der Waals surface area contributed by atoms with Gasteiger partial charge in [-0.25, -0.2) is 0 Å². The maximum Gasteiger partial charge on any atom is 0.238 e. The van der Waals surface area contributed by atoms with Gasteiger partial charge in [-0.1, -0.05) is 29.3 Å². The molecule has 0 aromatic heterocycles.